The van der Waals surface area contributed by atoms with Gasteiger partial charge in [-0.3, -0.25) is 9.59 Å². The number of carbonyl (C=O) groups excluding carboxylic acids is 2. The van der Waals surface area contributed by atoms with Gasteiger partial charge in [-0.25, -0.2) is 12.8 Å². The van der Waals surface area contributed by atoms with Crippen molar-refractivity contribution >= 4 is 33.5 Å². The quantitative estimate of drug-likeness (QED) is 0.313. The summed E-state index contributed by atoms with van der Waals surface area (Å²) in [4.78, 5) is 24.6. The van der Waals surface area contributed by atoms with E-state index in [0.717, 1.165) is 5.56 Å². The monoisotopic (exact) mass is 617 g/mol. The maximum atomic E-state index is 13.6. The molecule has 1 aliphatic rings. The van der Waals surface area contributed by atoms with E-state index in [9.17, 15) is 22.4 Å². The molecule has 1 aliphatic heterocycles. The van der Waals surface area contributed by atoms with E-state index in [4.69, 9.17) is 26.8 Å². The molecule has 224 valence electrons. The minimum Gasteiger partial charge on any atom is -0.480 e. The molecule has 0 spiro atoms. The van der Waals surface area contributed by atoms with Gasteiger partial charge in [-0.05, 0) is 86.8 Å². The Morgan fingerprint density at radius 1 is 1.05 bits per heavy atom. The highest BCUT2D eigenvalue weighted by molar-refractivity contribution is 7.89. The highest BCUT2D eigenvalue weighted by Crippen LogP contribution is 2.40. The van der Waals surface area contributed by atoms with Crippen molar-refractivity contribution < 1.29 is 31.9 Å². The molecule has 0 saturated carbocycles. The maximum Gasteiger partial charge on any atom is 0.324 e. The number of hydrogen-bond donors (Lipinski definition) is 2. The highest BCUT2D eigenvalue weighted by Gasteiger charge is 2.52. The molecule has 1 unspecified atom stereocenters. The van der Waals surface area contributed by atoms with Gasteiger partial charge >= 0.3 is 5.97 Å². The largest absolute Gasteiger partial charge is 0.480 e. The number of nitrogens with two attached hydrogens (primary N) is 1. The molecule has 12 heteroatoms. The van der Waals surface area contributed by atoms with Crippen molar-refractivity contribution in [2.24, 2.45) is 5.73 Å². The first-order chi connectivity index (χ1) is 19.8. The summed E-state index contributed by atoms with van der Waals surface area (Å²) in [6.45, 7) is 5.03. The molecule has 0 aliphatic carbocycles. The number of nitrogens with zero attached hydrogens (tertiary/aromatic N) is 1. The number of halogens is 2. The molecule has 1 fully saturated rings. The normalized spacial score (nSPS) is 16.3. The molecular formula is C30H33ClFN3O6S. The fourth-order valence-corrected chi connectivity index (χ4v) is 6.25. The van der Waals surface area contributed by atoms with E-state index in [1.165, 1.54) is 47.6 Å². The molecule has 0 bridgehead atoms. The molecule has 3 aromatic rings. The van der Waals surface area contributed by atoms with Gasteiger partial charge in [-0.2, -0.15) is 4.31 Å². The van der Waals surface area contributed by atoms with Gasteiger partial charge in [0.05, 0.1) is 18.0 Å². The van der Waals surface area contributed by atoms with Gasteiger partial charge in [0.15, 0.2) is 11.7 Å². The summed E-state index contributed by atoms with van der Waals surface area (Å²) in [5.41, 5.74) is 6.24. The van der Waals surface area contributed by atoms with Gasteiger partial charge in [0.1, 0.15) is 17.6 Å². The van der Waals surface area contributed by atoms with Crippen LogP contribution in [0.4, 0.5) is 4.39 Å². The molecule has 1 amide bonds. The number of esters is 1. The van der Waals surface area contributed by atoms with Crippen LogP contribution in [0.2, 0.25) is 5.02 Å². The standard InChI is InChI=1S/C30H33ClFN3O6S/c1-19(2)34-28(36)20(3)40-29(37)27(33)16-21-5-4-6-26(15-21)42(38,39)35-17-30(18-35,22-7-9-23(31)10-8-22)41-25-13-11-24(32)12-14-25/h4-15,19-20,27H,16-18,33H2,1-3H3,(H,34,36)/t20?,27-/m0/s1. The van der Waals surface area contributed by atoms with Crippen LogP contribution in [-0.2, 0) is 36.4 Å². The molecular weight excluding hydrogens is 585 g/mol. The van der Waals surface area contributed by atoms with E-state index in [1.807, 2.05) is 0 Å². The number of rotatable bonds is 11. The van der Waals surface area contributed by atoms with Crippen LogP contribution in [0.1, 0.15) is 31.9 Å². The number of sulfonamides is 1. The summed E-state index contributed by atoms with van der Waals surface area (Å²) < 4.78 is 53.4. The first-order valence-electron chi connectivity index (χ1n) is 13.4. The summed E-state index contributed by atoms with van der Waals surface area (Å²) in [6.07, 6.45) is -1.02. The molecule has 1 saturated heterocycles. The fraction of sp³-hybridized carbons (Fsp3) is 0.333. The lowest BCUT2D eigenvalue weighted by molar-refractivity contribution is -0.156. The van der Waals surface area contributed by atoms with Crippen LogP contribution in [0.15, 0.2) is 77.7 Å². The number of nitrogens with one attached hydrogen (secondary N) is 1. The van der Waals surface area contributed by atoms with Crippen molar-refractivity contribution in [1.82, 2.24) is 9.62 Å². The summed E-state index contributed by atoms with van der Waals surface area (Å²) in [5.74, 6) is -1.24. The second-order valence-electron chi connectivity index (χ2n) is 10.5. The lowest BCUT2D eigenvalue weighted by Crippen LogP contribution is -2.64. The van der Waals surface area contributed by atoms with Crippen LogP contribution in [0.3, 0.4) is 0 Å². The van der Waals surface area contributed by atoms with Crippen LogP contribution in [0.25, 0.3) is 0 Å². The molecule has 1 heterocycles. The molecule has 3 aromatic carbocycles. The second kappa shape index (κ2) is 12.8. The van der Waals surface area contributed by atoms with E-state index in [1.54, 1.807) is 50.2 Å². The average molecular weight is 618 g/mol. The third-order valence-electron chi connectivity index (χ3n) is 6.75. The average Bonchev–Trinajstić information content (AvgIpc) is 2.91. The third kappa shape index (κ3) is 7.27. The van der Waals surface area contributed by atoms with E-state index in [2.05, 4.69) is 5.32 Å². The van der Waals surface area contributed by atoms with Crippen LogP contribution < -0.4 is 15.8 Å². The minimum absolute atomic E-state index is 0.000733. The van der Waals surface area contributed by atoms with Crippen molar-refractivity contribution in [3.8, 4) is 5.75 Å². The van der Waals surface area contributed by atoms with E-state index in [-0.39, 0.29) is 30.4 Å². The van der Waals surface area contributed by atoms with Gasteiger partial charge < -0.3 is 20.5 Å². The number of hydrogen-bond acceptors (Lipinski definition) is 7. The minimum atomic E-state index is -3.95. The van der Waals surface area contributed by atoms with Crippen molar-refractivity contribution in [2.75, 3.05) is 13.1 Å². The predicted molar refractivity (Wildman–Crippen MR) is 156 cm³/mol. The summed E-state index contributed by atoms with van der Waals surface area (Å²) in [7, 11) is -3.95. The smallest absolute Gasteiger partial charge is 0.324 e. The lowest BCUT2D eigenvalue weighted by Gasteiger charge is -2.48. The first-order valence-corrected chi connectivity index (χ1v) is 15.2. The summed E-state index contributed by atoms with van der Waals surface area (Å²) >= 11 is 6.06. The van der Waals surface area contributed by atoms with Crippen LogP contribution in [0, 0.1) is 5.82 Å². The Bertz CT molecular complexity index is 1530. The number of carbonyl (C=O) groups is 2. The Morgan fingerprint density at radius 3 is 2.31 bits per heavy atom. The van der Waals surface area contributed by atoms with Crippen molar-refractivity contribution in [3.63, 3.8) is 0 Å². The van der Waals surface area contributed by atoms with Gasteiger partial charge in [0.25, 0.3) is 5.91 Å². The Labute approximate surface area is 249 Å². The van der Waals surface area contributed by atoms with E-state index < -0.39 is 45.5 Å². The van der Waals surface area contributed by atoms with Crippen molar-refractivity contribution in [2.45, 2.75) is 55.9 Å². The van der Waals surface area contributed by atoms with E-state index in [0.29, 0.717) is 16.3 Å². The maximum absolute atomic E-state index is 13.6. The lowest BCUT2D eigenvalue weighted by atomic mass is 9.87. The Hall–Kier alpha value is -3.51. The molecule has 9 nitrogen and oxygen atoms in total. The number of amides is 1. The predicted octanol–water partition coefficient (Wildman–Crippen LogP) is 3.78. The highest BCUT2D eigenvalue weighted by atomic mass is 35.5. The topological polar surface area (TPSA) is 128 Å². The zero-order valence-corrected chi connectivity index (χ0v) is 25.0. The van der Waals surface area contributed by atoms with Gasteiger partial charge in [0, 0.05) is 11.1 Å². The SMILES string of the molecule is CC(C)NC(=O)C(C)OC(=O)[C@@H](N)Cc1cccc(S(=O)(=O)N2CC(Oc3ccc(F)cc3)(c3ccc(Cl)cc3)C2)c1. The molecule has 4 rings (SSSR count). The van der Waals surface area contributed by atoms with Crippen molar-refractivity contribution in [3.05, 3.63) is 94.8 Å². The van der Waals surface area contributed by atoms with Crippen LogP contribution >= 0.6 is 11.6 Å². The Morgan fingerprint density at radius 2 is 1.69 bits per heavy atom. The first kappa shape index (κ1) is 31.4. The number of ether oxygens (including phenoxy) is 2. The molecule has 0 radical (unpaired) electrons. The molecule has 2 atom stereocenters. The summed E-state index contributed by atoms with van der Waals surface area (Å²) in [6, 6.07) is 17.4. The molecule has 3 N–H and O–H groups in total. The third-order valence-corrected chi connectivity index (χ3v) is 8.79. The Balaban J connectivity index is 1.47. The van der Waals surface area contributed by atoms with Gasteiger partial charge in [0.2, 0.25) is 10.0 Å². The number of benzene rings is 3. The van der Waals surface area contributed by atoms with Crippen LogP contribution in [-0.4, -0.2) is 55.9 Å². The fourth-order valence-electron chi connectivity index (χ4n) is 4.52. The second-order valence-corrected chi connectivity index (χ2v) is 12.9. The molecule has 42 heavy (non-hydrogen) atoms. The Kier molecular flexibility index (Phi) is 9.56. The summed E-state index contributed by atoms with van der Waals surface area (Å²) in [5, 5.41) is 3.18. The zero-order valence-electron chi connectivity index (χ0n) is 23.4. The molecule has 0 aromatic heterocycles. The van der Waals surface area contributed by atoms with Crippen molar-refractivity contribution in [1.29, 1.82) is 0 Å². The van der Waals surface area contributed by atoms with E-state index >= 15 is 0 Å². The van der Waals surface area contributed by atoms with Gasteiger partial charge in [-0.1, -0.05) is 35.9 Å². The zero-order chi connectivity index (χ0) is 30.7. The van der Waals surface area contributed by atoms with Crippen LogP contribution in [0.5, 0.6) is 5.75 Å². The van der Waals surface area contributed by atoms with Gasteiger partial charge in [-0.15, -0.1) is 0 Å².